The quantitative estimate of drug-likeness (QED) is 0.156. The monoisotopic (exact) mass is 814 g/mol. The Bertz CT molecular complexity index is 3580. The molecular weight excluding hydrogens is 769 g/mol. The van der Waals surface area contributed by atoms with E-state index in [0.717, 1.165) is 67.4 Å². The van der Waals surface area contributed by atoms with Crippen LogP contribution in [0.2, 0.25) is 0 Å². The van der Waals surface area contributed by atoms with Crippen LogP contribution in [-0.2, 0) is 12.0 Å². The van der Waals surface area contributed by atoms with E-state index >= 15 is 0 Å². The molecule has 1 aromatic heterocycles. The Balaban J connectivity index is 1.26. The molecule has 4 nitrogen and oxygen atoms in total. The van der Waals surface area contributed by atoms with Crippen LogP contribution in [0.3, 0.4) is 0 Å². The standard InChI is InChI=1S/C59H46N2O2/c1-36-31-48-51(60(41-19-8-6-9-20-41)50-28-17-26-46-44-24-14-15-29-53(44)63-58(46)50)34-52(54-37(2)30-39-32-40(59(3,4)5)33-47(36)55(39)56(48)54)61(42-21-10-7-11-22-42)49-27-16-25-45-43-23-13-12-18-38(43)35-62-57(45)49/h6-34H,35H2,1-5H3. The molecule has 0 bridgehead atoms. The minimum Gasteiger partial charge on any atom is -0.486 e. The zero-order valence-electron chi connectivity index (χ0n) is 36.2. The van der Waals surface area contributed by atoms with E-state index in [2.05, 4.69) is 214 Å². The summed E-state index contributed by atoms with van der Waals surface area (Å²) in [6.45, 7) is 12.0. The van der Waals surface area contributed by atoms with Crippen LogP contribution >= 0.6 is 0 Å². The highest BCUT2D eigenvalue weighted by Crippen LogP contribution is 2.55. The number of hydrogen-bond acceptors (Lipinski definition) is 4. The Morgan fingerprint density at radius 1 is 0.460 bits per heavy atom. The fourth-order valence-electron chi connectivity index (χ4n) is 10.2. The van der Waals surface area contributed by atoms with Crippen molar-refractivity contribution in [3.63, 3.8) is 0 Å². The van der Waals surface area contributed by atoms with Crippen molar-refractivity contribution < 1.29 is 9.15 Å². The molecule has 0 N–H and O–H groups in total. The number of ether oxygens (including phenoxy) is 1. The van der Waals surface area contributed by atoms with Crippen LogP contribution in [0.5, 0.6) is 5.75 Å². The summed E-state index contributed by atoms with van der Waals surface area (Å²) >= 11 is 0. The third-order valence-electron chi connectivity index (χ3n) is 13.2. The van der Waals surface area contributed by atoms with Crippen LogP contribution in [0.25, 0.3) is 65.4 Å². The van der Waals surface area contributed by atoms with Crippen molar-refractivity contribution in [2.45, 2.75) is 46.6 Å². The van der Waals surface area contributed by atoms with Crippen LogP contribution in [-0.4, -0.2) is 0 Å². The van der Waals surface area contributed by atoms with Gasteiger partial charge in [-0.05, 0) is 118 Å². The number of furan rings is 1. The van der Waals surface area contributed by atoms with Gasteiger partial charge in [0.2, 0.25) is 0 Å². The summed E-state index contributed by atoms with van der Waals surface area (Å²) in [7, 11) is 0. The van der Waals surface area contributed by atoms with Gasteiger partial charge in [0, 0.05) is 43.9 Å². The third kappa shape index (κ3) is 5.74. The number of hydrogen-bond donors (Lipinski definition) is 0. The summed E-state index contributed by atoms with van der Waals surface area (Å²) in [5, 5.41) is 9.65. The van der Waals surface area contributed by atoms with E-state index in [-0.39, 0.29) is 5.41 Å². The zero-order chi connectivity index (χ0) is 42.6. The van der Waals surface area contributed by atoms with E-state index in [1.807, 2.05) is 6.07 Å². The number of para-hydroxylation sites is 5. The lowest BCUT2D eigenvalue weighted by molar-refractivity contribution is 0.303. The Labute approximate surface area is 367 Å². The van der Waals surface area contributed by atoms with E-state index in [4.69, 9.17) is 9.15 Å². The summed E-state index contributed by atoms with van der Waals surface area (Å²) in [5.74, 6) is 0.877. The van der Waals surface area contributed by atoms with Crippen LogP contribution in [0.15, 0.2) is 180 Å². The predicted molar refractivity (Wildman–Crippen MR) is 265 cm³/mol. The van der Waals surface area contributed by atoms with E-state index in [0.29, 0.717) is 6.61 Å². The maximum Gasteiger partial charge on any atom is 0.159 e. The van der Waals surface area contributed by atoms with Crippen LogP contribution in [0, 0.1) is 13.8 Å². The summed E-state index contributed by atoms with van der Waals surface area (Å²) in [6, 6.07) is 63.8. The minimum absolute atomic E-state index is 0.0222. The predicted octanol–water partition coefficient (Wildman–Crippen LogP) is 16.9. The van der Waals surface area contributed by atoms with Gasteiger partial charge in [-0.25, -0.2) is 0 Å². The van der Waals surface area contributed by atoms with Crippen molar-refractivity contribution in [1.82, 2.24) is 0 Å². The van der Waals surface area contributed by atoms with Crippen LogP contribution in [0.1, 0.15) is 43.0 Å². The molecule has 0 fully saturated rings. The molecule has 0 radical (unpaired) electrons. The number of fused-ring (bicyclic) bond motifs is 6. The molecule has 2 heterocycles. The molecule has 0 saturated heterocycles. The molecule has 11 aromatic rings. The first-order valence-electron chi connectivity index (χ1n) is 21.9. The Morgan fingerprint density at radius 2 is 1.11 bits per heavy atom. The maximum atomic E-state index is 6.86. The van der Waals surface area contributed by atoms with Crippen molar-refractivity contribution in [3.05, 3.63) is 198 Å². The maximum absolute atomic E-state index is 6.86. The molecule has 1 aliphatic rings. The number of nitrogens with zero attached hydrogens (tertiary/aromatic N) is 2. The van der Waals surface area contributed by atoms with E-state index in [9.17, 15) is 0 Å². The number of aryl methyl sites for hydroxylation is 2. The van der Waals surface area contributed by atoms with Crippen molar-refractivity contribution in [3.8, 4) is 16.9 Å². The second-order valence-corrected chi connectivity index (χ2v) is 18.2. The second kappa shape index (κ2) is 14.0. The largest absolute Gasteiger partial charge is 0.486 e. The van der Waals surface area contributed by atoms with Crippen molar-refractivity contribution in [2.75, 3.05) is 9.80 Å². The number of anilines is 6. The Hall–Kier alpha value is -7.56. The van der Waals surface area contributed by atoms with Gasteiger partial charge in [0.15, 0.2) is 11.3 Å². The van der Waals surface area contributed by atoms with Gasteiger partial charge in [-0.1, -0.05) is 142 Å². The first-order chi connectivity index (χ1) is 30.7. The molecule has 0 atom stereocenters. The summed E-state index contributed by atoms with van der Waals surface area (Å²) < 4.78 is 13.7. The van der Waals surface area contributed by atoms with E-state index in [1.165, 1.54) is 60.1 Å². The average Bonchev–Trinajstić information content (AvgIpc) is 3.69. The molecule has 0 spiro atoms. The summed E-state index contributed by atoms with van der Waals surface area (Å²) in [6.07, 6.45) is 0. The fourth-order valence-corrected chi connectivity index (χ4v) is 10.2. The molecule has 63 heavy (non-hydrogen) atoms. The zero-order valence-corrected chi connectivity index (χ0v) is 36.2. The molecule has 4 heteroatoms. The first-order valence-corrected chi connectivity index (χ1v) is 21.9. The van der Waals surface area contributed by atoms with Crippen LogP contribution < -0.4 is 14.5 Å². The summed E-state index contributed by atoms with van der Waals surface area (Å²) in [4.78, 5) is 4.86. The molecule has 1 aliphatic heterocycles. The molecular formula is C59H46N2O2. The topological polar surface area (TPSA) is 28.9 Å². The molecule has 304 valence electrons. The SMILES string of the molecule is Cc1cc2c(N(c3ccccc3)c3cccc4c3oc3ccccc34)cc(N(c3ccccc3)c3cccc4c3OCc3ccccc3-4)c3c(C)cc4cc(C(C)(C)C)cc1c4c23. The Morgan fingerprint density at radius 3 is 1.89 bits per heavy atom. The van der Waals surface area contributed by atoms with E-state index < -0.39 is 0 Å². The van der Waals surface area contributed by atoms with Gasteiger partial charge in [0.05, 0.1) is 22.7 Å². The smallest absolute Gasteiger partial charge is 0.159 e. The minimum atomic E-state index is -0.0222. The lowest BCUT2D eigenvalue weighted by Gasteiger charge is -2.34. The highest BCUT2D eigenvalue weighted by Gasteiger charge is 2.31. The van der Waals surface area contributed by atoms with Crippen molar-refractivity contribution in [2.24, 2.45) is 0 Å². The summed E-state index contributed by atoms with van der Waals surface area (Å²) in [5.41, 5.74) is 15.2. The van der Waals surface area contributed by atoms with Crippen molar-refractivity contribution in [1.29, 1.82) is 0 Å². The van der Waals surface area contributed by atoms with Gasteiger partial charge in [-0.3, -0.25) is 0 Å². The average molecular weight is 815 g/mol. The fraction of sp³-hybridized carbons (Fsp3) is 0.119. The third-order valence-corrected chi connectivity index (χ3v) is 13.2. The highest BCUT2D eigenvalue weighted by molar-refractivity contribution is 6.31. The van der Waals surface area contributed by atoms with E-state index in [1.54, 1.807) is 0 Å². The molecule has 0 amide bonds. The van der Waals surface area contributed by atoms with Gasteiger partial charge in [-0.15, -0.1) is 0 Å². The highest BCUT2D eigenvalue weighted by atomic mass is 16.5. The molecule has 12 rings (SSSR count). The van der Waals surface area contributed by atoms with Crippen LogP contribution in [0.4, 0.5) is 34.1 Å². The van der Waals surface area contributed by atoms with Gasteiger partial charge >= 0.3 is 0 Å². The number of benzene rings is 10. The first kappa shape index (κ1) is 37.2. The van der Waals surface area contributed by atoms with Gasteiger partial charge in [0.1, 0.15) is 12.2 Å². The lowest BCUT2D eigenvalue weighted by atomic mass is 9.81. The van der Waals surface area contributed by atoms with Gasteiger partial charge < -0.3 is 19.0 Å². The lowest BCUT2D eigenvalue weighted by Crippen LogP contribution is -2.17. The second-order valence-electron chi connectivity index (χ2n) is 18.2. The van der Waals surface area contributed by atoms with Gasteiger partial charge in [0.25, 0.3) is 0 Å². The number of rotatable bonds is 6. The molecule has 10 aromatic carbocycles. The molecule has 0 aliphatic carbocycles. The van der Waals surface area contributed by atoms with Crippen molar-refractivity contribution >= 4 is 88.4 Å². The van der Waals surface area contributed by atoms with Gasteiger partial charge in [-0.2, -0.15) is 0 Å². The normalized spacial score (nSPS) is 12.6. The molecule has 0 unspecified atom stereocenters. The molecule has 0 saturated carbocycles. The Kier molecular flexibility index (Phi) is 8.26.